The average Bonchev–Trinajstić information content (AvgIpc) is 3.38. The number of nitrogens with zero attached hydrogens (tertiary/aromatic N) is 6. The molecule has 4 aromatic rings. The number of morpholine rings is 1. The first-order chi connectivity index (χ1) is 19.5. The number of fused-ring (bicyclic) bond motifs is 4. The molecule has 2 aliphatic carbocycles. The fourth-order valence-electron chi connectivity index (χ4n) is 6.96. The average molecular weight is 540 g/mol. The highest BCUT2D eigenvalue weighted by Gasteiger charge is 2.46. The SMILES string of the molecule is Cc1c(-c2cc3ccc(N4CCOCC4=O)nc3n2CC2CC2)nn2cc(C(=O)N3CC4CCC3[C@@H]4N)ccc12. The fraction of sp³-hybridized carbons (Fsp3) is 0.467. The van der Waals surface area contributed by atoms with Gasteiger partial charge in [0.05, 0.1) is 29.9 Å². The molecule has 2 saturated carbocycles. The van der Waals surface area contributed by atoms with Gasteiger partial charge in [-0.15, -0.1) is 0 Å². The van der Waals surface area contributed by atoms with Gasteiger partial charge >= 0.3 is 0 Å². The zero-order valence-electron chi connectivity index (χ0n) is 22.6. The van der Waals surface area contributed by atoms with Crippen molar-refractivity contribution in [1.82, 2.24) is 24.1 Å². The first kappa shape index (κ1) is 24.1. The lowest BCUT2D eigenvalue weighted by molar-refractivity contribution is -0.125. The van der Waals surface area contributed by atoms with Crippen molar-refractivity contribution in [2.75, 3.05) is 31.2 Å². The van der Waals surface area contributed by atoms with Gasteiger partial charge in [-0.3, -0.25) is 14.5 Å². The number of rotatable bonds is 5. The van der Waals surface area contributed by atoms with E-state index in [2.05, 4.69) is 17.6 Å². The summed E-state index contributed by atoms with van der Waals surface area (Å²) >= 11 is 0. The molecular formula is C30H33N7O3. The van der Waals surface area contributed by atoms with E-state index in [1.165, 1.54) is 12.8 Å². The molecule has 3 atom stereocenters. The fourth-order valence-corrected chi connectivity index (χ4v) is 6.96. The van der Waals surface area contributed by atoms with Crippen LogP contribution in [0.4, 0.5) is 5.82 Å². The topological polar surface area (TPSA) is 111 Å². The van der Waals surface area contributed by atoms with Crippen LogP contribution < -0.4 is 10.6 Å². The van der Waals surface area contributed by atoms with Gasteiger partial charge in [0.2, 0.25) is 0 Å². The molecule has 40 heavy (non-hydrogen) atoms. The number of hydrogen-bond donors (Lipinski definition) is 1. The summed E-state index contributed by atoms with van der Waals surface area (Å²) in [5.74, 6) is 1.67. The maximum atomic E-state index is 13.5. The number of pyridine rings is 2. The molecule has 2 N–H and O–H groups in total. The van der Waals surface area contributed by atoms with Gasteiger partial charge in [-0.25, -0.2) is 9.50 Å². The van der Waals surface area contributed by atoms with Crippen LogP contribution in [0, 0.1) is 18.8 Å². The molecule has 2 unspecified atom stereocenters. The lowest BCUT2D eigenvalue weighted by Gasteiger charge is -2.27. The van der Waals surface area contributed by atoms with Crippen LogP contribution in [0.2, 0.25) is 0 Å². The Morgan fingerprint density at radius 2 is 2.02 bits per heavy atom. The van der Waals surface area contributed by atoms with Crippen LogP contribution in [-0.2, 0) is 16.1 Å². The molecule has 4 fully saturated rings. The Hall–Kier alpha value is -3.76. The van der Waals surface area contributed by atoms with Crippen LogP contribution in [-0.4, -0.2) is 74.3 Å². The van der Waals surface area contributed by atoms with Gasteiger partial charge in [-0.2, -0.15) is 5.10 Å². The van der Waals surface area contributed by atoms with E-state index in [0.29, 0.717) is 36.4 Å². The first-order valence-corrected chi connectivity index (χ1v) is 14.4. The van der Waals surface area contributed by atoms with E-state index in [9.17, 15) is 9.59 Å². The number of carbonyl (C=O) groups excluding carboxylic acids is 2. The second-order valence-electron chi connectivity index (χ2n) is 11.9. The van der Waals surface area contributed by atoms with Crippen molar-refractivity contribution in [3.63, 3.8) is 0 Å². The Bertz CT molecular complexity index is 1690. The molecule has 6 heterocycles. The summed E-state index contributed by atoms with van der Waals surface area (Å²) in [5.41, 5.74) is 11.8. The Kier molecular flexibility index (Phi) is 5.34. The van der Waals surface area contributed by atoms with Gasteiger partial charge in [0, 0.05) is 42.3 Å². The van der Waals surface area contributed by atoms with E-state index < -0.39 is 0 Å². The molecule has 0 aromatic carbocycles. The highest BCUT2D eigenvalue weighted by atomic mass is 16.5. The second-order valence-corrected chi connectivity index (χ2v) is 11.9. The van der Waals surface area contributed by atoms with Gasteiger partial charge in [0.1, 0.15) is 23.8 Å². The molecule has 2 bridgehead atoms. The Morgan fingerprint density at radius 1 is 1.15 bits per heavy atom. The first-order valence-electron chi connectivity index (χ1n) is 14.4. The quantitative estimate of drug-likeness (QED) is 0.418. The number of amides is 2. The normalized spacial score (nSPS) is 24.6. The second kappa shape index (κ2) is 8.87. The molecule has 2 amide bonds. The number of aryl methyl sites for hydroxylation is 1. The molecule has 0 radical (unpaired) electrons. The summed E-state index contributed by atoms with van der Waals surface area (Å²) in [5, 5.41) is 6.04. The molecule has 2 aliphatic heterocycles. The molecule has 0 spiro atoms. The van der Waals surface area contributed by atoms with Crippen LogP contribution in [0.5, 0.6) is 0 Å². The van der Waals surface area contributed by atoms with Gasteiger partial charge in [0.15, 0.2) is 0 Å². The minimum absolute atomic E-state index is 0.0384. The summed E-state index contributed by atoms with van der Waals surface area (Å²) in [7, 11) is 0. The number of hydrogen-bond acceptors (Lipinski definition) is 6. The summed E-state index contributed by atoms with van der Waals surface area (Å²) in [6, 6.07) is 10.3. The summed E-state index contributed by atoms with van der Waals surface area (Å²) in [4.78, 5) is 34.6. The van der Waals surface area contributed by atoms with Gasteiger partial charge < -0.3 is 19.9 Å². The zero-order valence-corrected chi connectivity index (χ0v) is 22.6. The monoisotopic (exact) mass is 539 g/mol. The highest BCUT2D eigenvalue weighted by molar-refractivity contribution is 5.96. The van der Waals surface area contributed by atoms with Crippen molar-refractivity contribution >= 4 is 34.2 Å². The van der Waals surface area contributed by atoms with E-state index in [1.807, 2.05) is 39.9 Å². The highest BCUT2D eigenvalue weighted by Crippen LogP contribution is 2.39. The minimum atomic E-state index is -0.0658. The van der Waals surface area contributed by atoms with E-state index >= 15 is 0 Å². The third-order valence-corrected chi connectivity index (χ3v) is 9.41. The van der Waals surface area contributed by atoms with Crippen LogP contribution in [0.1, 0.15) is 41.6 Å². The predicted octanol–water partition coefficient (Wildman–Crippen LogP) is 2.99. The van der Waals surface area contributed by atoms with Crippen molar-refractivity contribution in [3.8, 4) is 11.4 Å². The van der Waals surface area contributed by atoms with Crippen LogP contribution >= 0.6 is 0 Å². The lowest BCUT2D eigenvalue weighted by atomic mass is 10.1. The number of likely N-dealkylation sites (tertiary alicyclic amines) is 1. The summed E-state index contributed by atoms with van der Waals surface area (Å²) < 4.78 is 9.43. The maximum absolute atomic E-state index is 13.5. The van der Waals surface area contributed by atoms with E-state index in [1.54, 1.807) is 4.90 Å². The predicted molar refractivity (Wildman–Crippen MR) is 150 cm³/mol. The third kappa shape index (κ3) is 3.69. The molecule has 2 saturated heterocycles. The Morgan fingerprint density at radius 3 is 2.77 bits per heavy atom. The Balaban J connectivity index is 1.19. The van der Waals surface area contributed by atoms with Crippen molar-refractivity contribution < 1.29 is 14.3 Å². The maximum Gasteiger partial charge on any atom is 0.255 e. The van der Waals surface area contributed by atoms with Crippen molar-refractivity contribution in [1.29, 1.82) is 0 Å². The molecule has 4 aliphatic rings. The largest absolute Gasteiger partial charge is 0.370 e. The van der Waals surface area contributed by atoms with E-state index in [-0.39, 0.29) is 30.5 Å². The molecule has 10 heteroatoms. The number of nitrogens with two attached hydrogens (primary N) is 1. The lowest BCUT2D eigenvalue weighted by Crippen LogP contribution is -2.42. The molecule has 8 rings (SSSR count). The van der Waals surface area contributed by atoms with E-state index in [0.717, 1.165) is 59.4 Å². The van der Waals surface area contributed by atoms with Crippen LogP contribution in [0.15, 0.2) is 36.5 Å². The van der Waals surface area contributed by atoms with Crippen LogP contribution in [0.25, 0.3) is 27.9 Å². The van der Waals surface area contributed by atoms with Gasteiger partial charge in [0.25, 0.3) is 11.8 Å². The minimum Gasteiger partial charge on any atom is -0.370 e. The number of aromatic nitrogens is 4. The zero-order chi connectivity index (χ0) is 27.1. The third-order valence-electron chi connectivity index (χ3n) is 9.41. The smallest absolute Gasteiger partial charge is 0.255 e. The van der Waals surface area contributed by atoms with Gasteiger partial charge in [-0.1, -0.05) is 0 Å². The molecule has 206 valence electrons. The van der Waals surface area contributed by atoms with Crippen molar-refractivity contribution in [2.24, 2.45) is 17.6 Å². The van der Waals surface area contributed by atoms with Crippen molar-refractivity contribution in [3.05, 3.63) is 47.7 Å². The number of piperidine rings is 1. The number of anilines is 1. The van der Waals surface area contributed by atoms with Crippen molar-refractivity contribution in [2.45, 2.75) is 51.2 Å². The Labute approximate surface area is 231 Å². The number of carbonyl (C=O) groups is 2. The molecule has 10 nitrogen and oxygen atoms in total. The van der Waals surface area contributed by atoms with Gasteiger partial charge in [-0.05, 0) is 74.8 Å². The molecule has 4 aromatic heterocycles. The number of ether oxygens (including phenoxy) is 1. The standard InChI is InChI=1S/C30H33N7O3/c1-17-22-7-5-21(30(39)36-14-20-4-8-23(36)27(20)31)15-37(22)33-28(17)24-12-19-6-9-25(34-10-11-40-16-26(34)38)32-29(19)35(24)13-18-2-3-18/h5-7,9,12,15,18,20,23,27H,2-4,8,10-11,13-14,16,31H2,1H3/t20?,23?,27-/m1/s1. The van der Waals surface area contributed by atoms with Crippen LogP contribution in [0.3, 0.4) is 0 Å². The summed E-state index contributed by atoms with van der Waals surface area (Å²) in [6.07, 6.45) is 6.38. The summed E-state index contributed by atoms with van der Waals surface area (Å²) in [6.45, 7) is 4.80. The molecular weight excluding hydrogens is 506 g/mol. The van der Waals surface area contributed by atoms with E-state index in [4.69, 9.17) is 20.6 Å².